The highest BCUT2D eigenvalue weighted by molar-refractivity contribution is 6.30. The number of fused-ring (bicyclic) bond motifs is 1. The average molecular weight is 465 g/mol. The van der Waals surface area contributed by atoms with Gasteiger partial charge in [-0.2, -0.15) is 0 Å². The molecule has 1 aliphatic carbocycles. The first-order valence-electron chi connectivity index (χ1n) is 13.1. The molecule has 1 aliphatic rings. The van der Waals surface area contributed by atoms with Crippen LogP contribution < -0.4 is 0 Å². The molecule has 0 aliphatic heterocycles. The first kappa shape index (κ1) is 24.3. The molecule has 0 spiro atoms. The third-order valence-corrected chi connectivity index (χ3v) is 7.94. The third kappa shape index (κ3) is 6.60. The van der Waals surface area contributed by atoms with Crippen LogP contribution in [0.3, 0.4) is 0 Å². The third-order valence-electron chi connectivity index (χ3n) is 7.69. The number of rotatable bonds is 10. The van der Waals surface area contributed by atoms with Gasteiger partial charge in [-0.15, -0.1) is 0 Å². The quantitative estimate of drug-likeness (QED) is 0.262. The molecule has 0 N–H and O–H groups in total. The predicted octanol–water partition coefficient (Wildman–Crippen LogP) is 10.1. The van der Waals surface area contributed by atoms with Gasteiger partial charge in [0.05, 0.1) is 0 Å². The van der Waals surface area contributed by atoms with Gasteiger partial charge in [0.25, 0.3) is 0 Å². The summed E-state index contributed by atoms with van der Waals surface area (Å²) >= 11 is 5.97. The van der Waals surface area contributed by atoms with Crippen molar-refractivity contribution >= 4 is 22.4 Å². The van der Waals surface area contributed by atoms with E-state index in [0.717, 1.165) is 33.7 Å². The van der Waals surface area contributed by atoms with Crippen LogP contribution in [0.4, 0.5) is 4.39 Å². The highest BCUT2D eigenvalue weighted by atomic mass is 35.5. The summed E-state index contributed by atoms with van der Waals surface area (Å²) in [7, 11) is 0. The Hall–Kier alpha value is -1.86. The zero-order chi connectivity index (χ0) is 23.0. The highest BCUT2D eigenvalue weighted by Crippen LogP contribution is 2.39. The van der Waals surface area contributed by atoms with Crippen LogP contribution in [0, 0.1) is 11.7 Å². The number of hydrogen-bond acceptors (Lipinski definition) is 0. The van der Waals surface area contributed by atoms with E-state index < -0.39 is 0 Å². The fourth-order valence-corrected chi connectivity index (χ4v) is 5.68. The minimum atomic E-state index is -0.0557. The molecule has 0 nitrogen and oxygen atoms in total. The fraction of sp³-hybridized carbons (Fsp3) is 0.484. The first-order valence-corrected chi connectivity index (χ1v) is 13.5. The normalized spacial score (nSPS) is 18.6. The molecule has 33 heavy (non-hydrogen) atoms. The van der Waals surface area contributed by atoms with Crippen molar-refractivity contribution in [3.8, 4) is 0 Å². The van der Waals surface area contributed by atoms with E-state index in [1.807, 2.05) is 36.4 Å². The van der Waals surface area contributed by atoms with E-state index in [-0.39, 0.29) is 5.82 Å². The zero-order valence-electron chi connectivity index (χ0n) is 20.1. The molecule has 0 bridgehead atoms. The maximum Gasteiger partial charge on any atom is 0.134 e. The number of aryl methyl sites for hydroxylation is 2. The summed E-state index contributed by atoms with van der Waals surface area (Å²) in [6, 6.07) is 18.4. The van der Waals surface area contributed by atoms with Gasteiger partial charge < -0.3 is 0 Å². The fourth-order valence-electron chi connectivity index (χ4n) is 5.55. The van der Waals surface area contributed by atoms with Gasteiger partial charge in [0.2, 0.25) is 0 Å². The predicted molar refractivity (Wildman–Crippen MR) is 141 cm³/mol. The van der Waals surface area contributed by atoms with Crippen molar-refractivity contribution in [3.05, 3.63) is 82.1 Å². The van der Waals surface area contributed by atoms with E-state index >= 15 is 4.39 Å². The maximum atomic E-state index is 15.2. The molecule has 3 aromatic rings. The second kappa shape index (κ2) is 12.0. The van der Waals surface area contributed by atoms with Crippen LogP contribution in [0.2, 0.25) is 5.02 Å². The van der Waals surface area contributed by atoms with E-state index in [4.69, 9.17) is 11.6 Å². The topological polar surface area (TPSA) is 0 Å². The number of halogens is 2. The Balaban J connectivity index is 1.34. The van der Waals surface area contributed by atoms with Gasteiger partial charge in [-0.25, -0.2) is 4.39 Å². The molecular formula is C31H38ClF. The highest BCUT2D eigenvalue weighted by Gasteiger charge is 2.22. The Morgan fingerprint density at radius 3 is 2.33 bits per heavy atom. The Labute approximate surface area is 204 Å². The molecular weight excluding hydrogens is 427 g/mol. The molecule has 0 radical (unpaired) electrons. The summed E-state index contributed by atoms with van der Waals surface area (Å²) in [6.45, 7) is 2.28. The number of hydrogen-bond donors (Lipinski definition) is 0. The molecule has 2 heteroatoms. The lowest BCUT2D eigenvalue weighted by molar-refractivity contribution is 0.302. The maximum absolute atomic E-state index is 15.2. The van der Waals surface area contributed by atoms with Crippen LogP contribution in [-0.4, -0.2) is 0 Å². The van der Waals surface area contributed by atoms with Crippen molar-refractivity contribution in [2.75, 3.05) is 0 Å². The lowest BCUT2D eigenvalue weighted by Crippen LogP contribution is -2.13. The second-order valence-corrected chi connectivity index (χ2v) is 10.5. The second-order valence-electron chi connectivity index (χ2n) is 10.1. The van der Waals surface area contributed by atoms with Crippen LogP contribution in [0.5, 0.6) is 0 Å². The minimum Gasteiger partial charge on any atom is -0.206 e. The van der Waals surface area contributed by atoms with Crippen LogP contribution in [0.25, 0.3) is 10.8 Å². The molecule has 1 fully saturated rings. The minimum absolute atomic E-state index is 0.0557. The molecule has 0 aromatic heterocycles. The number of unbranched alkanes of at least 4 members (excludes halogenated alkanes) is 4. The molecule has 4 rings (SSSR count). The van der Waals surface area contributed by atoms with E-state index in [2.05, 4.69) is 25.1 Å². The summed E-state index contributed by atoms with van der Waals surface area (Å²) in [5.74, 6) is 1.50. The summed E-state index contributed by atoms with van der Waals surface area (Å²) in [5, 5.41) is 2.54. The Bertz CT molecular complexity index is 1020. The largest absolute Gasteiger partial charge is 0.206 e. The molecule has 0 heterocycles. The number of benzene rings is 3. The van der Waals surface area contributed by atoms with Gasteiger partial charge in [0.1, 0.15) is 5.82 Å². The molecule has 0 amide bonds. The lowest BCUT2D eigenvalue weighted by Gasteiger charge is -2.29. The molecule has 0 atom stereocenters. The van der Waals surface area contributed by atoms with Crippen LogP contribution in [0.1, 0.15) is 93.7 Å². The van der Waals surface area contributed by atoms with Crippen molar-refractivity contribution in [3.63, 3.8) is 0 Å². The molecule has 0 unspecified atom stereocenters. The van der Waals surface area contributed by atoms with Gasteiger partial charge >= 0.3 is 0 Å². The zero-order valence-corrected chi connectivity index (χ0v) is 20.8. The van der Waals surface area contributed by atoms with Crippen molar-refractivity contribution in [1.82, 2.24) is 0 Å². The summed E-state index contributed by atoms with van der Waals surface area (Å²) < 4.78 is 15.2. The van der Waals surface area contributed by atoms with Crippen molar-refractivity contribution in [2.24, 2.45) is 5.92 Å². The Kier molecular flexibility index (Phi) is 8.84. The van der Waals surface area contributed by atoms with E-state index in [9.17, 15) is 0 Å². The van der Waals surface area contributed by atoms with Gasteiger partial charge in [-0.3, -0.25) is 0 Å². The smallest absolute Gasteiger partial charge is 0.134 e. The van der Waals surface area contributed by atoms with Crippen LogP contribution in [-0.2, 0) is 12.8 Å². The van der Waals surface area contributed by atoms with E-state index in [1.165, 1.54) is 75.3 Å². The van der Waals surface area contributed by atoms with Crippen LogP contribution in [0.15, 0.2) is 54.6 Å². The molecule has 176 valence electrons. The molecule has 1 saturated carbocycles. The van der Waals surface area contributed by atoms with Crippen molar-refractivity contribution in [1.29, 1.82) is 0 Å². The van der Waals surface area contributed by atoms with E-state index in [0.29, 0.717) is 12.3 Å². The van der Waals surface area contributed by atoms with Gasteiger partial charge in [0.15, 0.2) is 0 Å². The van der Waals surface area contributed by atoms with Crippen molar-refractivity contribution < 1.29 is 4.39 Å². The lowest BCUT2D eigenvalue weighted by atomic mass is 9.76. The Morgan fingerprint density at radius 1 is 0.818 bits per heavy atom. The average Bonchev–Trinajstić information content (AvgIpc) is 2.85. The standard InChI is InChI=1S/C31H38ClF/c1-2-3-4-5-6-7-23-8-13-25(14-9-23)27-18-21-30-28(22-27)17-16-26(31(30)33)15-10-24-11-19-29(32)20-12-24/h11-12,16-23,25H,2-10,13-15H2,1H3. The van der Waals surface area contributed by atoms with Crippen LogP contribution >= 0.6 is 11.6 Å². The van der Waals surface area contributed by atoms with Crippen molar-refractivity contribution in [2.45, 2.75) is 89.9 Å². The molecule has 3 aromatic carbocycles. The molecule has 0 saturated heterocycles. The SMILES string of the molecule is CCCCCCCC1CCC(c2ccc3c(F)c(CCc4ccc(Cl)cc4)ccc3c2)CC1. The summed E-state index contributed by atoms with van der Waals surface area (Å²) in [4.78, 5) is 0. The Morgan fingerprint density at radius 2 is 1.58 bits per heavy atom. The van der Waals surface area contributed by atoms with E-state index in [1.54, 1.807) is 0 Å². The summed E-state index contributed by atoms with van der Waals surface area (Å²) in [6.07, 6.45) is 15.2. The monoisotopic (exact) mass is 464 g/mol. The van der Waals surface area contributed by atoms with Gasteiger partial charge in [0, 0.05) is 10.4 Å². The first-order chi connectivity index (χ1) is 16.1. The van der Waals surface area contributed by atoms with Gasteiger partial charge in [-0.1, -0.05) is 99.5 Å². The van der Waals surface area contributed by atoms with Gasteiger partial charge in [-0.05, 0) is 84.6 Å². The summed E-state index contributed by atoms with van der Waals surface area (Å²) in [5.41, 5.74) is 3.38.